The highest BCUT2D eigenvalue weighted by Crippen LogP contribution is 2.29. The number of fused-ring (bicyclic) bond motifs is 1. The summed E-state index contributed by atoms with van der Waals surface area (Å²) in [6.45, 7) is 1.82. The molecular weight excluding hydrogens is 255 g/mol. The van der Waals surface area contributed by atoms with Gasteiger partial charge in [0.05, 0.1) is 0 Å². The van der Waals surface area contributed by atoms with Gasteiger partial charge in [0, 0.05) is 22.9 Å². The van der Waals surface area contributed by atoms with Crippen molar-refractivity contribution >= 4 is 16.8 Å². The van der Waals surface area contributed by atoms with Crippen LogP contribution in [0.2, 0.25) is 0 Å². The number of hydrogen-bond acceptors (Lipinski definition) is 2. The molecule has 20 heavy (non-hydrogen) atoms. The second kappa shape index (κ2) is 4.93. The van der Waals surface area contributed by atoms with Gasteiger partial charge in [0.25, 0.3) is 0 Å². The molecule has 0 spiro atoms. The van der Waals surface area contributed by atoms with Gasteiger partial charge in [-0.1, -0.05) is 37.3 Å². The molecule has 3 aromatic rings. The van der Waals surface area contributed by atoms with Crippen molar-refractivity contribution in [2.24, 2.45) is 0 Å². The van der Waals surface area contributed by atoms with Crippen molar-refractivity contribution in [1.82, 2.24) is 0 Å². The van der Waals surface area contributed by atoms with E-state index < -0.39 is 0 Å². The van der Waals surface area contributed by atoms with Crippen LogP contribution in [-0.4, -0.2) is 5.78 Å². The fraction of sp³-hybridized carbons (Fsp3) is 0.118. The van der Waals surface area contributed by atoms with Crippen LogP contribution in [0.15, 0.2) is 52.9 Å². The zero-order valence-electron chi connectivity index (χ0n) is 11.0. The Morgan fingerprint density at radius 1 is 1.15 bits per heavy atom. The van der Waals surface area contributed by atoms with Gasteiger partial charge in [-0.25, -0.2) is 4.39 Å². The number of halogens is 1. The third-order valence-corrected chi connectivity index (χ3v) is 3.29. The van der Waals surface area contributed by atoms with Crippen LogP contribution in [0.1, 0.15) is 23.7 Å². The number of furan rings is 1. The second-order valence-electron chi connectivity index (χ2n) is 4.63. The summed E-state index contributed by atoms with van der Waals surface area (Å²) in [6.07, 6.45) is 0.457. The average molecular weight is 268 g/mol. The molecule has 3 rings (SSSR count). The first-order chi connectivity index (χ1) is 9.69. The molecule has 2 nitrogen and oxygen atoms in total. The highest BCUT2D eigenvalue weighted by Gasteiger charge is 2.11. The predicted molar refractivity (Wildman–Crippen MR) is 76.2 cm³/mol. The van der Waals surface area contributed by atoms with Crippen LogP contribution in [0.25, 0.3) is 22.3 Å². The van der Waals surface area contributed by atoms with Crippen LogP contribution in [0.4, 0.5) is 4.39 Å². The molecule has 0 fully saturated rings. The van der Waals surface area contributed by atoms with Gasteiger partial charge in [-0.3, -0.25) is 4.79 Å². The zero-order chi connectivity index (χ0) is 14.1. The van der Waals surface area contributed by atoms with Crippen molar-refractivity contribution in [1.29, 1.82) is 0 Å². The first-order valence-electron chi connectivity index (χ1n) is 6.50. The van der Waals surface area contributed by atoms with Gasteiger partial charge in [0.1, 0.15) is 5.76 Å². The van der Waals surface area contributed by atoms with E-state index in [-0.39, 0.29) is 17.2 Å². The highest BCUT2D eigenvalue weighted by atomic mass is 19.1. The lowest BCUT2D eigenvalue weighted by molar-refractivity contribution is 0.0988. The summed E-state index contributed by atoms with van der Waals surface area (Å²) in [4.78, 5) is 11.7. The minimum Gasteiger partial charge on any atom is -0.453 e. The van der Waals surface area contributed by atoms with Crippen molar-refractivity contribution in [2.75, 3.05) is 0 Å². The lowest BCUT2D eigenvalue weighted by Crippen LogP contribution is -1.95. The topological polar surface area (TPSA) is 30.2 Å². The van der Waals surface area contributed by atoms with Crippen molar-refractivity contribution in [3.63, 3.8) is 0 Å². The molecule has 0 bridgehead atoms. The Balaban J connectivity index is 2.11. The van der Waals surface area contributed by atoms with E-state index in [0.29, 0.717) is 23.1 Å². The molecule has 1 heterocycles. The normalized spacial score (nSPS) is 10.9. The smallest absolute Gasteiger partial charge is 0.170 e. The predicted octanol–water partition coefficient (Wildman–Crippen LogP) is 4.83. The summed E-state index contributed by atoms with van der Waals surface area (Å²) in [5, 5.41) is 0.715. The Morgan fingerprint density at radius 2 is 1.95 bits per heavy atom. The number of para-hydroxylation sites is 1. The summed E-state index contributed by atoms with van der Waals surface area (Å²) >= 11 is 0. The van der Waals surface area contributed by atoms with Gasteiger partial charge in [-0.2, -0.15) is 0 Å². The first kappa shape index (κ1) is 12.6. The maximum atomic E-state index is 13.6. The summed E-state index contributed by atoms with van der Waals surface area (Å²) in [5.74, 6) is 0.263. The largest absolute Gasteiger partial charge is 0.453 e. The van der Waals surface area contributed by atoms with Gasteiger partial charge < -0.3 is 4.42 Å². The maximum absolute atomic E-state index is 13.6. The van der Waals surface area contributed by atoms with E-state index >= 15 is 0 Å². The van der Waals surface area contributed by atoms with Gasteiger partial charge in [0.15, 0.2) is 17.2 Å². The van der Waals surface area contributed by atoms with Gasteiger partial charge >= 0.3 is 0 Å². The number of Topliss-reactive ketones (excluding diaryl/α,β-unsaturated/α-hetero) is 1. The molecule has 0 aliphatic carbocycles. The van der Waals surface area contributed by atoms with Crippen LogP contribution < -0.4 is 0 Å². The minimum absolute atomic E-state index is 0.0779. The number of hydrogen-bond donors (Lipinski definition) is 0. The minimum atomic E-state index is -0.380. The zero-order valence-corrected chi connectivity index (χ0v) is 11.0. The van der Waals surface area contributed by atoms with Gasteiger partial charge in [0.2, 0.25) is 0 Å². The molecule has 0 radical (unpaired) electrons. The molecule has 0 unspecified atom stereocenters. The van der Waals surface area contributed by atoms with Crippen LogP contribution in [0.3, 0.4) is 0 Å². The highest BCUT2D eigenvalue weighted by molar-refractivity contribution is 5.97. The Bertz CT molecular complexity index is 787. The Kier molecular flexibility index (Phi) is 3.11. The lowest BCUT2D eigenvalue weighted by atomic mass is 10.0. The standard InChI is InChI=1S/C17H13FO2/c1-2-15(19)11-5-3-6-12(9-11)16-10-13-7-4-8-14(18)17(13)20-16/h3-10H,2H2,1H3. The monoisotopic (exact) mass is 268 g/mol. The summed E-state index contributed by atoms with van der Waals surface area (Å²) < 4.78 is 19.2. The van der Waals surface area contributed by atoms with Crippen molar-refractivity contribution < 1.29 is 13.6 Å². The van der Waals surface area contributed by atoms with Crippen molar-refractivity contribution in [3.05, 3.63) is 59.9 Å². The van der Waals surface area contributed by atoms with Crippen LogP contribution >= 0.6 is 0 Å². The Hall–Kier alpha value is -2.42. The summed E-state index contributed by atoms with van der Waals surface area (Å²) in [6, 6.07) is 13.8. The number of carbonyl (C=O) groups is 1. The molecule has 2 aromatic carbocycles. The maximum Gasteiger partial charge on any atom is 0.170 e. The van der Waals surface area contributed by atoms with Crippen molar-refractivity contribution in [2.45, 2.75) is 13.3 Å². The van der Waals surface area contributed by atoms with Crippen LogP contribution in [-0.2, 0) is 0 Å². The van der Waals surface area contributed by atoms with Crippen molar-refractivity contribution in [3.8, 4) is 11.3 Å². The van der Waals surface area contributed by atoms with E-state index in [9.17, 15) is 9.18 Å². The quantitative estimate of drug-likeness (QED) is 0.637. The summed E-state index contributed by atoms with van der Waals surface area (Å²) in [7, 11) is 0. The molecule has 0 N–H and O–H groups in total. The van der Waals surface area contributed by atoms with Crippen LogP contribution in [0, 0.1) is 5.82 Å². The Labute approximate surface area is 115 Å². The molecule has 0 saturated heterocycles. The fourth-order valence-corrected chi connectivity index (χ4v) is 2.22. The third kappa shape index (κ3) is 2.11. The van der Waals surface area contributed by atoms with Gasteiger partial charge in [-0.15, -0.1) is 0 Å². The molecule has 0 aliphatic heterocycles. The molecular formula is C17H13FO2. The van der Waals surface area contributed by atoms with Gasteiger partial charge in [-0.05, 0) is 18.2 Å². The van der Waals surface area contributed by atoms with E-state index in [1.54, 1.807) is 30.3 Å². The number of benzene rings is 2. The first-order valence-corrected chi connectivity index (χ1v) is 6.50. The second-order valence-corrected chi connectivity index (χ2v) is 4.63. The molecule has 0 amide bonds. The molecule has 0 aliphatic rings. The van der Waals surface area contributed by atoms with E-state index in [1.165, 1.54) is 6.07 Å². The third-order valence-electron chi connectivity index (χ3n) is 3.29. The average Bonchev–Trinajstić information content (AvgIpc) is 2.92. The number of ketones is 1. The molecule has 100 valence electrons. The number of carbonyl (C=O) groups excluding carboxylic acids is 1. The number of rotatable bonds is 3. The Morgan fingerprint density at radius 3 is 2.70 bits per heavy atom. The lowest BCUT2D eigenvalue weighted by Gasteiger charge is -2.01. The van der Waals surface area contributed by atoms with E-state index in [4.69, 9.17) is 4.42 Å². The molecule has 3 heteroatoms. The van der Waals surface area contributed by atoms with E-state index in [2.05, 4.69) is 0 Å². The van der Waals surface area contributed by atoms with E-state index in [0.717, 1.165) is 5.56 Å². The summed E-state index contributed by atoms with van der Waals surface area (Å²) in [5.41, 5.74) is 1.67. The SMILES string of the molecule is CCC(=O)c1cccc(-c2cc3cccc(F)c3o2)c1. The molecule has 1 aromatic heterocycles. The van der Waals surface area contributed by atoms with E-state index in [1.807, 2.05) is 19.1 Å². The molecule has 0 atom stereocenters. The molecule has 0 saturated carbocycles. The van der Waals surface area contributed by atoms with Crippen LogP contribution in [0.5, 0.6) is 0 Å². The fourth-order valence-electron chi connectivity index (χ4n) is 2.22.